The summed E-state index contributed by atoms with van der Waals surface area (Å²) in [5, 5.41) is 50.4. The van der Waals surface area contributed by atoms with Crippen LogP contribution in [0.3, 0.4) is 0 Å². The predicted octanol–water partition coefficient (Wildman–Crippen LogP) is 13.7. The summed E-state index contributed by atoms with van der Waals surface area (Å²) in [5.41, 5.74) is 0. The summed E-state index contributed by atoms with van der Waals surface area (Å²) >= 11 is 0. The Morgan fingerprint density at radius 2 is 0.718 bits per heavy atom. The van der Waals surface area contributed by atoms with Gasteiger partial charge in [-0.25, -0.2) is 4.57 Å². The van der Waals surface area contributed by atoms with Gasteiger partial charge in [0, 0.05) is 12.8 Å². The predicted molar refractivity (Wildman–Crippen MR) is 286 cm³/mol. The van der Waals surface area contributed by atoms with Crippen LogP contribution in [0.5, 0.6) is 0 Å². The maximum atomic E-state index is 12.9. The molecular weight excluding hydrogens is 924 g/mol. The molecule has 1 aliphatic rings. The summed E-state index contributed by atoms with van der Waals surface area (Å²) in [4.78, 5) is 36.0. The molecule has 0 aromatic carbocycles. The van der Waals surface area contributed by atoms with Crippen molar-refractivity contribution < 1.29 is 63.1 Å². The van der Waals surface area contributed by atoms with E-state index in [1.807, 2.05) is 0 Å². The van der Waals surface area contributed by atoms with Crippen LogP contribution in [0.4, 0.5) is 0 Å². The number of allylic oxidation sites excluding steroid dienone is 2. The van der Waals surface area contributed by atoms with Crippen molar-refractivity contribution in [3.8, 4) is 0 Å². The number of aliphatic hydroxyl groups is 5. The van der Waals surface area contributed by atoms with Crippen LogP contribution in [0.15, 0.2) is 12.2 Å². The van der Waals surface area contributed by atoms with Crippen LogP contribution in [0.1, 0.15) is 284 Å². The first-order chi connectivity index (χ1) is 34.4. The van der Waals surface area contributed by atoms with Crippen molar-refractivity contribution in [2.45, 2.75) is 326 Å². The van der Waals surface area contributed by atoms with Gasteiger partial charge in [-0.05, 0) is 38.5 Å². The van der Waals surface area contributed by atoms with E-state index in [0.717, 1.165) is 51.4 Å². The first-order valence-corrected chi connectivity index (χ1v) is 31.0. The monoisotopic (exact) mass is 1030 g/mol. The molecule has 0 spiro atoms. The highest BCUT2D eigenvalue weighted by Gasteiger charge is 2.51. The van der Waals surface area contributed by atoms with Crippen molar-refractivity contribution >= 4 is 19.8 Å². The van der Waals surface area contributed by atoms with E-state index in [2.05, 4.69) is 26.0 Å². The Balaban J connectivity index is 2.30. The average Bonchev–Trinajstić information content (AvgIpc) is 3.35. The maximum Gasteiger partial charge on any atom is 0.472 e. The second-order valence-corrected chi connectivity index (χ2v) is 22.3. The lowest BCUT2D eigenvalue weighted by molar-refractivity contribution is -0.220. The van der Waals surface area contributed by atoms with Crippen LogP contribution in [0.2, 0.25) is 0 Å². The Kier molecular flexibility index (Phi) is 44.8. The van der Waals surface area contributed by atoms with Crippen LogP contribution < -0.4 is 0 Å². The highest BCUT2D eigenvalue weighted by Crippen LogP contribution is 2.47. The van der Waals surface area contributed by atoms with Crippen LogP contribution in [0.25, 0.3) is 0 Å². The van der Waals surface area contributed by atoms with E-state index in [0.29, 0.717) is 12.8 Å². The summed E-state index contributed by atoms with van der Waals surface area (Å²) in [6, 6.07) is 0. The van der Waals surface area contributed by atoms with E-state index in [1.165, 1.54) is 193 Å². The van der Waals surface area contributed by atoms with Gasteiger partial charge in [0.2, 0.25) is 0 Å². The van der Waals surface area contributed by atoms with Crippen LogP contribution in [-0.2, 0) is 32.7 Å². The lowest BCUT2D eigenvalue weighted by Gasteiger charge is -2.41. The van der Waals surface area contributed by atoms with Crippen molar-refractivity contribution in [2.24, 2.45) is 0 Å². The molecule has 0 amide bonds. The van der Waals surface area contributed by atoms with Crippen LogP contribution in [-0.4, -0.2) is 98.3 Å². The van der Waals surface area contributed by atoms with Gasteiger partial charge in [0.1, 0.15) is 43.2 Å². The number of esters is 2. The Labute approximate surface area is 433 Å². The molecule has 0 aliphatic heterocycles. The number of aliphatic hydroxyl groups excluding tert-OH is 5. The SMILES string of the molecule is CCCCCCCC/C=C/CCCCCCCCCCCC(=O)O[C@@H](COC(=O)CCCCCCCCCCCCCCCCCCCCCCCCC)COP(=O)(O)OC1C(O)C(O)C(O)[C@H](O)C1O. The molecule has 6 N–H and O–H groups in total. The van der Waals surface area contributed by atoms with Gasteiger partial charge >= 0.3 is 19.8 Å². The van der Waals surface area contributed by atoms with Gasteiger partial charge in [-0.15, -0.1) is 0 Å². The van der Waals surface area contributed by atoms with Crippen molar-refractivity contribution in [1.82, 2.24) is 0 Å². The minimum Gasteiger partial charge on any atom is -0.462 e. The first kappa shape index (κ1) is 67.6. The molecule has 0 saturated heterocycles. The number of phosphoric ester groups is 1. The van der Waals surface area contributed by atoms with Gasteiger partial charge in [0.05, 0.1) is 6.61 Å². The molecule has 0 heterocycles. The molecule has 0 aromatic rings. The van der Waals surface area contributed by atoms with E-state index in [4.69, 9.17) is 18.5 Å². The summed E-state index contributed by atoms with van der Waals surface area (Å²) in [6.45, 7) is 3.36. The molecule has 13 nitrogen and oxygen atoms in total. The molecule has 14 heteroatoms. The number of phosphoric acid groups is 1. The number of hydrogen-bond donors (Lipinski definition) is 6. The molecular formula is C57H109O13P. The molecule has 8 atom stereocenters. The molecule has 0 radical (unpaired) electrons. The Morgan fingerprint density at radius 3 is 1.07 bits per heavy atom. The largest absolute Gasteiger partial charge is 0.472 e. The van der Waals surface area contributed by atoms with Gasteiger partial charge in [-0.1, -0.05) is 244 Å². The quantitative estimate of drug-likeness (QED) is 0.0145. The fourth-order valence-electron chi connectivity index (χ4n) is 9.40. The van der Waals surface area contributed by atoms with E-state index < -0.39 is 75.7 Å². The van der Waals surface area contributed by atoms with Crippen molar-refractivity contribution in [1.29, 1.82) is 0 Å². The third kappa shape index (κ3) is 38.8. The molecule has 71 heavy (non-hydrogen) atoms. The molecule has 1 rings (SSSR count). The van der Waals surface area contributed by atoms with Gasteiger partial charge in [0.25, 0.3) is 0 Å². The number of unbranched alkanes of at least 4 members (excludes halogenated alkanes) is 37. The molecule has 420 valence electrons. The van der Waals surface area contributed by atoms with E-state index in [-0.39, 0.29) is 12.8 Å². The maximum absolute atomic E-state index is 12.9. The van der Waals surface area contributed by atoms with Gasteiger partial charge in [-0.2, -0.15) is 0 Å². The minimum atomic E-state index is -5.12. The highest BCUT2D eigenvalue weighted by molar-refractivity contribution is 7.47. The Bertz CT molecular complexity index is 1290. The van der Waals surface area contributed by atoms with Gasteiger partial charge in [0.15, 0.2) is 6.10 Å². The van der Waals surface area contributed by atoms with E-state index in [1.54, 1.807) is 0 Å². The third-order valence-corrected chi connectivity index (χ3v) is 15.1. The molecule has 1 aliphatic carbocycles. The first-order valence-electron chi connectivity index (χ1n) is 29.5. The van der Waals surface area contributed by atoms with E-state index >= 15 is 0 Å². The average molecular weight is 1030 g/mol. The summed E-state index contributed by atoms with van der Waals surface area (Å²) in [7, 11) is -5.12. The summed E-state index contributed by atoms with van der Waals surface area (Å²) in [6.07, 6.45) is 41.2. The number of rotatable bonds is 51. The zero-order chi connectivity index (χ0) is 52.1. The van der Waals surface area contributed by atoms with Crippen LogP contribution >= 0.6 is 7.82 Å². The fourth-order valence-corrected chi connectivity index (χ4v) is 10.4. The van der Waals surface area contributed by atoms with Gasteiger partial charge < -0.3 is 39.9 Å². The summed E-state index contributed by atoms with van der Waals surface area (Å²) < 4.78 is 33.8. The minimum absolute atomic E-state index is 0.0994. The summed E-state index contributed by atoms with van der Waals surface area (Å²) in [5.74, 6) is -1.08. The number of carbonyl (C=O) groups is 2. The smallest absolute Gasteiger partial charge is 0.462 e. The lowest BCUT2D eigenvalue weighted by atomic mass is 9.85. The second kappa shape index (κ2) is 47.1. The van der Waals surface area contributed by atoms with E-state index in [9.17, 15) is 44.6 Å². The van der Waals surface area contributed by atoms with Crippen LogP contribution in [0, 0.1) is 0 Å². The molecule has 6 unspecified atom stereocenters. The van der Waals surface area contributed by atoms with Crippen molar-refractivity contribution in [2.75, 3.05) is 13.2 Å². The number of hydrogen-bond acceptors (Lipinski definition) is 12. The zero-order valence-electron chi connectivity index (χ0n) is 45.3. The molecule has 1 fully saturated rings. The van der Waals surface area contributed by atoms with Gasteiger partial charge in [-0.3, -0.25) is 18.6 Å². The third-order valence-electron chi connectivity index (χ3n) is 14.1. The number of ether oxygens (including phenoxy) is 2. The van der Waals surface area contributed by atoms with Crippen molar-refractivity contribution in [3.05, 3.63) is 12.2 Å². The number of carbonyl (C=O) groups excluding carboxylic acids is 2. The fraction of sp³-hybridized carbons (Fsp3) is 0.930. The lowest BCUT2D eigenvalue weighted by Crippen LogP contribution is -2.64. The Hall–Kier alpha value is -1.41. The Morgan fingerprint density at radius 1 is 0.423 bits per heavy atom. The zero-order valence-corrected chi connectivity index (χ0v) is 46.2. The second-order valence-electron chi connectivity index (χ2n) is 20.9. The molecule has 0 bridgehead atoms. The highest BCUT2D eigenvalue weighted by atomic mass is 31.2. The molecule has 1 saturated carbocycles. The normalized spacial score (nSPS) is 20.6. The van der Waals surface area contributed by atoms with Crippen molar-refractivity contribution in [3.63, 3.8) is 0 Å². The molecule has 0 aromatic heterocycles. The topological polar surface area (TPSA) is 210 Å². The standard InChI is InChI=1S/C57H109O13P/c1-3-5-7-9-11-13-15-17-19-21-23-24-25-26-28-29-31-33-35-37-39-41-43-45-50(58)67-47-49(48-68-71(65,66)70-57-55(63)53(61)52(60)54(62)56(57)64)69-51(59)46-44-42-40-38-36-34-32-30-27-22-20-18-16-14-12-10-8-6-4-2/h18,20,49,52-57,60-64H,3-17,19,21-48H2,1-2H3,(H,65,66)/b20-18+/t49-,52?,53-,54?,55?,56?,57?/m0/s1.